The third kappa shape index (κ3) is 11.3. The molecule has 0 aliphatic heterocycles. The standard InChI is InChI=1S/C13H25N3O4/c1-5-6-7-8-9-19-11(17)15-10(14)16-12(18)20-13(2,3)4/h5-9H2,1-4H3,(H3,14,15,16,17,18). The van der Waals surface area contributed by atoms with Gasteiger partial charge in [-0.3, -0.25) is 16.0 Å². The number of nitrogens with one attached hydrogen (secondary N) is 3. The van der Waals surface area contributed by atoms with Crippen LogP contribution in [0.3, 0.4) is 0 Å². The fraction of sp³-hybridized carbons (Fsp3) is 0.769. The van der Waals surface area contributed by atoms with Gasteiger partial charge in [-0.05, 0) is 27.2 Å². The van der Waals surface area contributed by atoms with Gasteiger partial charge in [-0.1, -0.05) is 26.2 Å². The molecule has 0 fully saturated rings. The zero-order chi connectivity index (χ0) is 15.6. The fourth-order valence-electron chi connectivity index (χ4n) is 1.27. The summed E-state index contributed by atoms with van der Waals surface area (Å²) in [5.74, 6) is -0.474. The molecule has 0 rings (SSSR count). The van der Waals surface area contributed by atoms with Gasteiger partial charge in [0.2, 0.25) is 5.96 Å². The Hall–Kier alpha value is -1.79. The van der Waals surface area contributed by atoms with Gasteiger partial charge in [0.15, 0.2) is 0 Å². The number of amides is 2. The van der Waals surface area contributed by atoms with E-state index in [0.29, 0.717) is 6.61 Å². The number of hydrogen-bond acceptors (Lipinski definition) is 5. The van der Waals surface area contributed by atoms with E-state index in [-0.39, 0.29) is 0 Å². The molecule has 0 aliphatic rings. The van der Waals surface area contributed by atoms with Crippen LogP contribution < -0.4 is 10.6 Å². The first-order valence-corrected chi connectivity index (χ1v) is 6.77. The Labute approximate surface area is 119 Å². The average Bonchev–Trinajstić information content (AvgIpc) is 2.25. The number of alkyl carbamates (subject to hydrolysis) is 2. The van der Waals surface area contributed by atoms with Gasteiger partial charge >= 0.3 is 12.2 Å². The molecule has 7 heteroatoms. The van der Waals surface area contributed by atoms with Crippen LogP contribution in [0.25, 0.3) is 0 Å². The van der Waals surface area contributed by atoms with Crippen molar-refractivity contribution in [3.8, 4) is 0 Å². The molecule has 20 heavy (non-hydrogen) atoms. The van der Waals surface area contributed by atoms with Crippen LogP contribution in [0.4, 0.5) is 9.59 Å². The summed E-state index contributed by atoms with van der Waals surface area (Å²) >= 11 is 0. The number of unbranched alkanes of at least 4 members (excludes halogenated alkanes) is 3. The van der Waals surface area contributed by atoms with E-state index in [9.17, 15) is 9.59 Å². The van der Waals surface area contributed by atoms with Crippen molar-refractivity contribution in [1.29, 1.82) is 5.41 Å². The van der Waals surface area contributed by atoms with E-state index in [2.05, 4.69) is 17.6 Å². The van der Waals surface area contributed by atoms with Crippen molar-refractivity contribution in [1.82, 2.24) is 10.6 Å². The molecule has 0 aliphatic carbocycles. The summed E-state index contributed by atoms with van der Waals surface area (Å²) in [6.45, 7) is 7.50. The van der Waals surface area contributed by atoms with Crippen LogP contribution >= 0.6 is 0 Å². The van der Waals surface area contributed by atoms with Gasteiger partial charge in [0.1, 0.15) is 5.60 Å². The molecule has 0 heterocycles. The second-order valence-electron chi connectivity index (χ2n) is 5.32. The van der Waals surface area contributed by atoms with E-state index in [4.69, 9.17) is 14.9 Å². The summed E-state index contributed by atoms with van der Waals surface area (Å²) in [6, 6.07) is 0. The van der Waals surface area contributed by atoms with E-state index in [1.165, 1.54) is 0 Å². The Balaban J connectivity index is 3.80. The maximum absolute atomic E-state index is 11.3. The monoisotopic (exact) mass is 287 g/mol. The predicted octanol–water partition coefficient (Wildman–Crippen LogP) is 2.75. The number of rotatable bonds is 5. The fourth-order valence-corrected chi connectivity index (χ4v) is 1.27. The number of ether oxygens (including phenoxy) is 2. The Kier molecular flexibility index (Phi) is 8.35. The second kappa shape index (κ2) is 9.17. The van der Waals surface area contributed by atoms with Crippen LogP contribution in [-0.4, -0.2) is 30.4 Å². The first-order valence-electron chi connectivity index (χ1n) is 6.77. The molecular weight excluding hydrogens is 262 g/mol. The molecule has 116 valence electrons. The highest BCUT2D eigenvalue weighted by Crippen LogP contribution is 2.06. The molecule has 0 bridgehead atoms. The summed E-state index contributed by atoms with van der Waals surface area (Å²) in [5, 5.41) is 11.6. The summed E-state index contributed by atoms with van der Waals surface area (Å²) in [6.07, 6.45) is 2.43. The Morgan fingerprint density at radius 1 is 1.05 bits per heavy atom. The normalized spacial score (nSPS) is 10.6. The van der Waals surface area contributed by atoms with Crippen LogP contribution in [-0.2, 0) is 9.47 Å². The quantitative estimate of drug-likeness (QED) is 0.411. The van der Waals surface area contributed by atoms with Crippen molar-refractivity contribution in [2.75, 3.05) is 6.61 Å². The predicted molar refractivity (Wildman–Crippen MR) is 75.7 cm³/mol. The van der Waals surface area contributed by atoms with Crippen molar-refractivity contribution in [3.63, 3.8) is 0 Å². The van der Waals surface area contributed by atoms with Crippen molar-refractivity contribution >= 4 is 18.1 Å². The largest absolute Gasteiger partial charge is 0.449 e. The van der Waals surface area contributed by atoms with E-state index < -0.39 is 23.7 Å². The molecule has 0 atom stereocenters. The highest BCUT2D eigenvalue weighted by molar-refractivity contribution is 5.99. The average molecular weight is 287 g/mol. The first kappa shape index (κ1) is 18.2. The van der Waals surface area contributed by atoms with Crippen LogP contribution in [0.15, 0.2) is 0 Å². The lowest BCUT2D eigenvalue weighted by Crippen LogP contribution is -2.45. The maximum Gasteiger partial charge on any atom is 0.414 e. The summed E-state index contributed by atoms with van der Waals surface area (Å²) in [7, 11) is 0. The lowest BCUT2D eigenvalue weighted by atomic mass is 10.2. The molecule has 0 aromatic carbocycles. The minimum Gasteiger partial charge on any atom is -0.449 e. The minimum atomic E-state index is -0.800. The summed E-state index contributed by atoms with van der Waals surface area (Å²) in [4.78, 5) is 22.6. The lowest BCUT2D eigenvalue weighted by molar-refractivity contribution is 0.0561. The second-order valence-corrected chi connectivity index (χ2v) is 5.32. The van der Waals surface area contributed by atoms with Gasteiger partial charge in [-0.2, -0.15) is 0 Å². The van der Waals surface area contributed by atoms with Crippen LogP contribution in [0.5, 0.6) is 0 Å². The van der Waals surface area contributed by atoms with Crippen LogP contribution in [0.2, 0.25) is 0 Å². The van der Waals surface area contributed by atoms with Gasteiger partial charge in [0.25, 0.3) is 0 Å². The van der Waals surface area contributed by atoms with Crippen molar-refractivity contribution in [2.24, 2.45) is 0 Å². The van der Waals surface area contributed by atoms with Crippen LogP contribution in [0, 0.1) is 5.41 Å². The minimum absolute atomic E-state index is 0.297. The molecule has 2 amide bonds. The van der Waals surface area contributed by atoms with E-state index in [1.54, 1.807) is 20.8 Å². The zero-order valence-electron chi connectivity index (χ0n) is 12.7. The van der Waals surface area contributed by atoms with Gasteiger partial charge in [-0.25, -0.2) is 9.59 Å². The first-order chi connectivity index (χ1) is 9.24. The van der Waals surface area contributed by atoms with E-state index in [1.807, 2.05) is 0 Å². The highest BCUT2D eigenvalue weighted by atomic mass is 16.6. The van der Waals surface area contributed by atoms with Crippen molar-refractivity contribution in [2.45, 2.75) is 59.0 Å². The smallest absolute Gasteiger partial charge is 0.414 e. The lowest BCUT2D eigenvalue weighted by Gasteiger charge is -2.19. The topological polar surface area (TPSA) is 101 Å². The van der Waals surface area contributed by atoms with E-state index in [0.717, 1.165) is 25.7 Å². The molecule has 0 aromatic rings. The Morgan fingerprint density at radius 3 is 2.20 bits per heavy atom. The number of guanidine groups is 1. The molecule has 0 unspecified atom stereocenters. The Morgan fingerprint density at radius 2 is 1.65 bits per heavy atom. The van der Waals surface area contributed by atoms with Gasteiger partial charge in [-0.15, -0.1) is 0 Å². The third-order valence-corrected chi connectivity index (χ3v) is 2.08. The summed E-state index contributed by atoms with van der Waals surface area (Å²) < 4.78 is 9.79. The van der Waals surface area contributed by atoms with Gasteiger partial charge in [0.05, 0.1) is 6.61 Å². The van der Waals surface area contributed by atoms with Gasteiger partial charge < -0.3 is 9.47 Å². The number of carbonyl (C=O) groups is 2. The maximum atomic E-state index is 11.3. The molecular formula is C13H25N3O4. The van der Waals surface area contributed by atoms with Gasteiger partial charge in [0, 0.05) is 0 Å². The highest BCUT2D eigenvalue weighted by Gasteiger charge is 2.17. The molecule has 0 saturated heterocycles. The molecule has 7 nitrogen and oxygen atoms in total. The van der Waals surface area contributed by atoms with E-state index >= 15 is 0 Å². The molecule has 0 aromatic heterocycles. The van der Waals surface area contributed by atoms with Crippen LogP contribution in [0.1, 0.15) is 53.4 Å². The zero-order valence-corrected chi connectivity index (χ0v) is 12.7. The molecule has 0 radical (unpaired) electrons. The molecule has 0 spiro atoms. The molecule has 3 N–H and O–H groups in total. The van der Waals surface area contributed by atoms with Crippen molar-refractivity contribution in [3.05, 3.63) is 0 Å². The number of hydrogen-bond donors (Lipinski definition) is 3. The summed E-state index contributed by atoms with van der Waals surface area (Å²) in [5.41, 5.74) is -0.663. The number of carbonyl (C=O) groups excluding carboxylic acids is 2. The molecule has 0 saturated carbocycles. The van der Waals surface area contributed by atoms with Crippen molar-refractivity contribution < 1.29 is 19.1 Å². The Bertz CT molecular complexity index is 337. The SMILES string of the molecule is CCCCCCOC(=O)NC(=N)NC(=O)OC(C)(C)C. The third-order valence-electron chi connectivity index (χ3n) is 2.08.